The van der Waals surface area contributed by atoms with Gasteiger partial charge in [-0.05, 0) is 25.8 Å². The molecule has 0 bridgehead atoms. The Bertz CT molecular complexity index is 342. The topological polar surface area (TPSA) is 64.7 Å². The van der Waals surface area contributed by atoms with Crippen LogP contribution in [-0.4, -0.2) is 24.7 Å². The van der Waals surface area contributed by atoms with Crippen LogP contribution in [0.4, 0.5) is 0 Å². The minimum atomic E-state index is -1.65. The van der Waals surface area contributed by atoms with E-state index in [9.17, 15) is 4.89 Å². The lowest BCUT2D eigenvalue weighted by atomic mass is 10.1. The average Bonchev–Trinajstić information content (AvgIpc) is 2.90. The summed E-state index contributed by atoms with van der Waals surface area (Å²) in [7, 11) is -1.65. The summed E-state index contributed by atoms with van der Waals surface area (Å²) < 4.78 is 10.8. The molecule has 3 N–H and O–H groups in total. The second kappa shape index (κ2) is 38.4. The monoisotopic (exact) mass is 548 g/mol. The smallest absolute Gasteiger partial charge is 0.329 e. The first-order chi connectivity index (χ1) is 18.2. The van der Waals surface area contributed by atoms with Gasteiger partial charge in [0.15, 0.2) is 0 Å². The minimum absolute atomic E-state index is 0.636. The number of rotatable bonds is 30. The third kappa shape index (κ3) is 40.9. The summed E-state index contributed by atoms with van der Waals surface area (Å²) in [6.07, 6.45) is 34.4. The molecule has 0 amide bonds. The molecule has 0 saturated carbocycles. The van der Waals surface area contributed by atoms with Gasteiger partial charge in [0.2, 0.25) is 0 Å². The number of hydrogen-bond donors (Lipinski definition) is 2. The minimum Gasteiger partial charge on any atom is -0.330 e. The molecule has 0 aromatic heterocycles. The molecule has 0 fully saturated rings. The van der Waals surface area contributed by atoms with Crippen molar-refractivity contribution >= 4 is 8.60 Å². The van der Waals surface area contributed by atoms with Crippen LogP contribution in [0.1, 0.15) is 188 Å². The molecule has 0 atom stereocenters. The van der Waals surface area contributed by atoms with Crippen LogP contribution in [0.3, 0.4) is 0 Å². The fourth-order valence-electron chi connectivity index (χ4n) is 4.43. The van der Waals surface area contributed by atoms with Gasteiger partial charge in [0.25, 0.3) is 0 Å². The molecule has 0 aliphatic carbocycles. The number of nitrogens with two attached hydrogens (primary N) is 1. The number of hydrogen-bond acceptors (Lipinski definition) is 4. The highest BCUT2D eigenvalue weighted by atomic mass is 31.2. The lowest BCUT2D eigenvalue weighted by Gasteiger charge is -2.10. The molecule has 5 heteroatoms. The van der Waals surface area contributed by atoms with Crippen molar-refractivity contribution in [2.75, 3.05) is 19.8 Å². The Kier molecular flexibility index (Phi) is 40.9. The lowest BCUT2D eigenvalue weighted by molar-refractivity contribution is 0.193. The average molecular weight is 548 g/mol. The van der Waals surface area contributed by atoms with E-state index in [1.807, 2.05) is 0 Å². The molecule has 0 rings (SSSR count). The zero-order chi connectivity index (χ0) is 27.5. The maximum absolute atomic E-state index is 9.76. The highest BCUT2D eigenvalue weighted by molar-refractivity contribution is 7.40. The molecule has 0 aromatic carbocycles. The first-order valence-corrected chi connectivity index (χ1v) is 17.8. The molecule has 0 aliphatic rings. The van der Waals surface area contributed by atoms with E-state index in [0.717, 1.165) is 19.4 Å². The third-order valence-electron chi connectivity index (χ3n) is 6.96. The van der Waals surface area contributed by atoms with Crippen molar-refractivity contribution < 1.29 is 13.9 Å². The molecule has 0 saturated heterocycles. The maximum Gasteiger partial charge on any atom is 0.329 e. The van der Waals surface area contributed by atoms with Gasteiger partial charge in [0.1, 0.15) is 0 Å². The van der Waals surface area contributed by atoms with Crippen molar-refractivity contribution in [3.05, 3.63) is 0 Å². The summed E-state index contributed by atoms with van der Waals surface area (Å²) in [5, 5.41) is 0. The van der Waals surface area contributed by atoms with Gasteiger partial charge in [0, 0.05) is 0 Å². The first kappa shape index (κ1) is 39.4. The Hall–Kier alpha value is 0.270. The molecular formula is C32H70NO3P. The zero-order valence-corrected chi connectivity index (χ0v) is 26.7. The standard InChI is InChI=1S/C24H51O3P.C8H19N/c1-3-5-7-9-11-13-15-17-19-21-23-26-28(25)27-24-22-20-18-16-14-12-10-8-6-4-2;1-2-3-4-5-6-7-8-9/h25H,3-24H2,1-2H3;2-9H2,1H3. The third-order valence-corrected chi connectivity index (χ3v) is 7.76. The summed E-state index contributed by atoms with van der Waals surface area (Å²) >= 11 is 0. The van der Waals surface area contributed by atoms with Gasteiger partial charge in [-0.3, -0.25) is 0 Å². The second-order valence-electron chi connectivity index (χ2n) is 10.8. The van der Waals surface area contributed by atoms with Crippen molar-refractivity contribution in [1.29, 1.82) is 0 Å². The van der Waals surface area contributed by atoms with E-state index in [0.29, 0.717) is 13.2 Å². The van der Waals surface area contributed by atoms with Gasteiger partial charge in [0.05, 0.1) is 13.2 Å². The molecule has 0 heterocycles. The van der Waals surface area contributed by atoms with Crippen LogP contribution < -0.4 is 5.73 Å². The summed E-state index contributed by atoms with van der Waals surface area (Å²) in [5.74, 6) is 0. The van der Waals surface area contributed by atoms with E-state index >= 15 is 0 Å². The van der Waals surface area contributed by atoms with Gasteiger partial charge >= 0.3 is 8.60 Å². The highest BCUT2D eigenvalue weighted by Gasteiger charge is 2.05. The fourth-order valence-corrected chi connectivity index (χ4v) is 5.07. The molecule has 0 unspecified atom stereocenters. The Morgan fingerprint density at radius 1 is 0.405 bits per heavy atom. The largest absolute Gasteiger partial charge is 0.330 e. The summed E-state index contributed by atoms with van der Waals surface area (Å²) in [6, 6.07) is 0. The van der Waals surface area contributed by atoms with E-state index in [-0.39, 0.29) is 0 Å². The fraction of sp³-hybridized carbons (Fsp3) is 1.00. The normalized spacial score (nSPS) is 11.2. The molecule has 0 aliphatic heterocycles. The maximum atomic E-state index is 9.76. The summed E-state index contributed by atoms with van der Waals surface area (Å²) in [4.78, 5) is 9.76. The van der Waals surface area contributed by atoms with Crippen LogP contribution in [0.2, 0.25) is 0 Å². The Morgan fingerprint density at radius 3 is 0.919 bits per heavy atom. The van der Waals surface area contributed by atoms with E-state index in [4.69, 9.17) is 14.8 Å². The lowest BCUT2D eigenvalue weighted by Crippen LogP contribution is -1.97. The van der Waals surface area contributed by atoms with Crippen molar-refractivity contribution in [2.24, 2.45) is 5.73 Å². The summed E-state index contributed by atoms with van der Waals surface area (Å²) in [5.41, 5.74) is 5.34. The number of unbranched alkanes of at least 4 members (excludes halogenated alkanes) is 23. The van der Waals surface area contributed by atoms with Crippen LogP contribution in [0.25, 0.3) is 0 Å². The Labute approximate surface area is 235 Å². The van der Waals surface area contributed by atoms with Gasteiger partial charge in [-0.15, -0.1) is 0 Å². The quantitative estimate of drug-likeness (QED) is 0.0693. The van der Waals surface area contributed by atoms with Crippen molar-refractivity contribution in [2.45, 2.75) is 188 Å². The predicted octanol–water partition coefficient (Wildman–Crippen LogP) is 11.4. The van der Waals surface area contributed by atoms with Gasteiger partial charge in [-0.2, -0.15) is 0 Å². The van der Waals surface area contributed by atoms with Crippen molar-refractivity contribution in [1.82, 2.24) is 0 Å². The van der Waals surface area contributed by atoms with Crippen LogP contribution in [-0.2, 0) is 9.05 Å². The van der Waals surface area contributed by atoms with Crippen molar-refractivity contribution in [3.8, 4) is 0 Å². The van der Waals surface area contributed by atoms with Gasteiger partial charge in [-0.1, -0.05) is 168 Å². The van der Waals surface area contributed by atoms with Crippen LogP contribution >= 0.6 is 8.60 Å². The van der Waals surface area contributed by atoms with Crippen LogP contribution in [0.5, 0.6) is 0 Å². The Morgan fingerprint density at radius 2 is 0.649 bits per heavy atom. The van der Waals surface area contributed by atoms with E-state index in [1.54, 1.807) is 0 Å². The highest BCUT2D eigenvalue weighted by Crippen LogP contribution is 2.33. The molecule has 226 valence electrons. The van der Waals surface area contributed by atoms with E-state index in [1.165, 1.54) is 154 Å². The Balaban J connectivity index is 0. The second-order valence-corrected chi connectivity index (χ2v) is 11.8. The zero-order valence-electron chi connectivity index (χ0n) is 25.8. The predicted molar refractivity (Wildman–Crippen MR) is 167 cm³/mol. The van der Waals surface area contributed by atoms with Gasteiger partial charge < -0.3 is 19.7 Å². The van der Waals surface area contributed by atoms with Crippen LogP contribution in [0, 0.1) is 0 Å². The summed E-state index contributed by atoms with van der Waals surface area (Å²) in [6.45, 7) is 8.91. The SMILES string of the molecule is CCCCCCCCCCCCOP(O)OCCCCCCCCCCCC.CCCCCCCCN. The molecule has 0 radical (unpaired) electrons. The van der Waals surface area contributed by atoms with Crippen molar-refractivity contribution in [3.63, 3.8) is 0 Å². The molecule has 37 heavy (non-hydrogen) atoms. The van der Waals surface area contributed by atoms with Crippen LogP contribution in [0.15, 0.2) is 0 Å². The molecule has 0 aromatic rings. The van der Waals surface area contributed by atoms with E-state index in [2.05, 4.69) is 20.8 Å². The first-order valence-electron chi connectivity index (χ1n) is 16.7. The molecular weight excluding hydrogens is 477 g/mol. The van der Waals surface area contributed by atoms with E-state index < -0.39 is 8.60 Å². The molecule has 0 spiro atoms. The molecule has 4 nitrogen and oxygen atoms in total. The van der Waals surface area contributed by atoms with Gasteiger partial charge in [-0.25, -0.2) is 0 Å².